The van der Waals surface area contributed by atoms with E-state index in [1.807, 2.05) is 21.8 Å². The van der Waals surface area contributed by atoms with Crippen LogP contribution in [0.25, 0.3) is 22.2 Å². The second kappa shape index (κ2) is 12.7. The smallest absolute Gasteiger partial charge is 0.264 e. The summed E-state index contributed by atoms with van der Waals surface area (Å²) in [6.07, 6.45) is 8.73. The lowest BCUT2D eigenvalue weighted by Crippen LogP contribution is -2.43. The van der Waals surface area contributed by atoms with Crippen molar-refractivity contribution in [2.45, 2.75) is 90.2 Å². The largest absolute Gasteiger partial charge is 0.543 e. The molecule has 0 spiro atoms. The van der Waals surface area contributed by atoms with Crippen LogP contribution in [0.3, 0.4) is 0 Å². The third kappa shape index (κ3) is 7.94. The lowest BCUT2D eigenvalue weighted by molar-refractivity contribution is -0.0365. The zero-order valence-corrected chi connectivity index (χ0v) is 26.2. The first-order chi connectivity index (χ1) is 18.8. The van der Waals surface area contributed by atoms with Gasteiger partial charge in [0.2, 0.25) is 8.32 Å². The van der Waals surface area contributed by atoms with E-state index in [-0.39, 0.29) is 17.0 Å². The predicted octanol–water partition coefficient (Wildman–Crippen LogP) is 6.06. The molecule has 3 aromatic rings. The van der Waals surface area contributed by atoms with Gasteiger partial charge in [0.25, 0.3) is 10.1 Å². The third-order valence-corrected chi connectivity index (χ3v) is 13.0. The Balaban J connectivity index is 1.48. The molecule has 1 fully saturated rings. The summed E-state index contributed by atoms with van der Waals surface area (Å²) < 4.78 is 52.7. The number of benzene rings is 1. The van der Waals surface area contributed by atoms with Crippen molar-refractivity contribution in [3.05, 3.63) is 30.6 Å². The highest BCUT2D eigenvalue weighted by atomic mass is 32.2. The maximum Gasteiger partial charge on any atom is 0.264 e. The highest BCUT2D eigenvalue weighted by Gasteiger charge is 2.39. The molecule has 40 heavy (non-hydrogen) atoms. The van der Waals surface area contributed by atoms with Crippen molar-refractivity contribution in [3.8, 4) is 17.0 Å². The molecule has 222 valence electrons. The number of ether oxygens (including phenoxy) is 2. The number of rotatable bonds is 13. The van der Waals surface area contributed by atoms with Crippen LogP contribution >= 0.6 is 0 Å². The summed E-state index contributed by atoms with van der Waals surface area (Å²) in [7, 11) is -5.89. The minimum atomic E-state index is -3.89. The molecule has 12 heteroatoms. The first kappa shape index (κ1) is 30.7. The number of unbranched alkanes of at least 4 members (excludes halogenated alkanes) is 2. The summed E-state index contributed by atoms with van der Waals surface area (Å²) in [5, 5.41) is 10.7. The minimum Gasteiger partial charge on any atom is -0.543 e. The predicted molar refractivity (Wildman–Crippen MR) is 159 cm³/mol. The van der Waals surface area contributed by atoms with E-state index in [2.05, 4.69) is 57.2 Å². The first-order valence-corrected chi connectivity index (χ1v) is 18.7. The molecule has 0 bridgehead atoms. The second-order valence-corrected chi connectivity index (χ2v) is 18.4. The van der Waals surface area contributed by atoms with Crippen molar-refractivity contribution >= 4 is 29.3 Å². The van der Waals surface area contributed by atoms with Gasteiger partial charge in [-0.15, -0.1) is 0 Å². The molecule has 1 N–H and O–H groups in total. The Labute approximate surface area is 238 Å². The zero-order valence-electron chi connectivity index (χ0n) is 24.4. The molecule has 0 radical (unpaired) electrons. The molecule has 1 saturated heterocycles. The van der Waals surface area contributed by atoms with E-state index >= 15 is 0 Å². The van der Waals surface area contributed by atoms with Gasteiger partial charge in [-0.05, 0) is 68.4 Å². The van der Waals surface area contributed by atoms with Crippen molar-refractivity contribution in [2.24, 2.45) is 0 Å². The fourth-order valence-electron chi connectivity index (χ4n) is 4.51. The van der Waals surface area contributed by atoms with E-state index in [4.69, 9.17) is 23.6 Å². The highest BCUT2D eigenvalue weighted by molar-refractivity contribution is 7.85. The van der Waals surface area contributed by atoms with Crippen LogP contribution in [0.4, 0.5) is 0 Å². The average Bonchev–Trinajstić information content (AvgIpc) is 3.49. The summed E-state index contributed by atoms with van der Waals surface area (Å²) in [5.74, 6) is 0.659. The fourth-order valence-corrected chi connectivity index (χ4v) is 6.11. The normalized spacial score (nSPS) is 17.0. The Morgan fingerprint density at radius 1 is 1.15 bits per heavy atom. The fraction of sp³-hybridized carbons (Fsp3) is 0.643. The second-order valence-electron chi connectivity index (χ2n) is 12.1. The number of hydrogen-bond donors (Lipinski definition) is 1. The quantitative estimate of drug-likeness (QED) is 0.145. The summed E-state index contributed by atoms with van der Waals surface area (Å²) in [6.45, 7) is 13.6. The number of fused-ring (bicyclic) bond motifs is 1. The van der Waals surface area contributed by atoms with Gasteiger partial charge in [-0.2, -0.15) is 18.6 Å². The highest BCUT2D eigenvalue weighted by Crippen LogP contribution is 2.39. The Morgan fingerprint density at radius 2 is 1.95 bits per heavy atom. The SMILES string of the molecule is CC(C)(C)[Si](C)(C)Oc1ccc2c(c1)c(-c1cnn(CCOCCCCCS(=O)(=O)O)c1)nn2C1CCCCO1. The van der Waals surface area contributed by atoms with Crippen LogP contribution in [-0.4, -0.2) is 66.4 Å². The molecular weight excluding hydrogens is 548 g/mol. The van der Waals surface area contributed by atoms with Crippen LogP contribution < -0.4 is 4.43 Å². The van der Waals surface area contributed by atoms with Crippen LogP contribution in [-0.2, 0) is 26.1 Å². The summed E-state index contributed by atoms with van der Waals surface area (Å²) in [4.78, 5) is 0. The summed E-state index contributed by atoms with van der Waals surface area (Å²) >= 11 is 0. The topological polar surface area (TPSA) is 118 Å². The molecular formula is C28H44N4O6SSi. The lowest BCUT2D eigenvalue weighted by Gasteiger charge is -2.36. The van der Waals surface area contributed by atoms with Gasteiger partial charge >= 0.3 is 0 Å². The molecule has 0 aliphatic carbocycles. The van der Waals surface area contributed by atoms with Crippen molar-refractivity contribution in [1.82, 2.24) is 19.6 Å². The Kier molecular flexibility index (Phi) is 9.77. The van der Waals surface area contributed by atoms with Crippen LogP contribution in [0.2, 0.25) is 18.1 Å². The molecule has 0 amide bonds. The Hall–Kier alpha value is -2.25. The monoisotopic (exact) mass is 592 g/mol. The van der Waals surface area contributed by atoms with E-state index in [0.29, 0.717) is 32.6 Å². The van der Waals surface area contributed by atoms with Crippen molar-refractivity contribution in [1.29, 1.82) is 0 Å². The molecule has 1 aromatic carbocycles. The minimum absolute atomic E-state index is 0.0851. The summed E-state index contributed by atoms with van der Waals surface area (Å²) in [6, 6.07) is 6.26. The van der Waals surface area contributed by atoms with Gasteiger partial charge in [0.15, 0.2) is 6.23 Å². The van der Waals surface area contributed by atoms with E-state index < -0.39 is 18.4 Å². The zero-order chi connectivity index (χ0) is 29.0. The van der Waals surface area contributed by atoms with Crippen LogP contribution in [0, 0.1) is 0 Å². The Bertz CT molecular complexity index is 1370. The standard InChI is InChI=1S/C28H44N4O6SSi/c1-28(2,3)40(4,5)38-23-12-13-25-24(19-23)27(30-32(25)26-11-7-9-16-37-26)22-20-29-31(21-22)14-17-36-15-8-6-10-18-39(33,34)35/h12-13,19-21,26H,6-11,14-18H2,1-5H3,(H,33,34,35). The first-order valence-electron chi connectivity index (χ1n) is 14.2. The van der Waals surface area contributed by atoms with Crippen LogP contribution in [0.5, 0.6) is 5.75 Å². The molecule has 1 aliphatic heterocycles. The molecule has 1 unspecified atom stereocenters. The van der Waals surface area contributed by atoms with Crippen LogP contribution in [0.1, 0.15) is 65.5 Å². The van der Waals surface area contributed by atoms with Gasteiger partial charge in [0.05, 0.1) is 30.6 Å². The van der Waals surface area contributed by atoms with Gasteiger partial charge in [0, 0.05) is 30.4 Å². The number of aromatic nitrogens is 4. The summed E-state index contributed by atoms with van der Waals surface area (Å²) in [5.41, 5.74) is 2.81. The van der Waals surface area contributed by atoms with Gasteiger partial charge in [-0.3, -0.25) is 9.23 Å². The van der Waals surface area contributed by atoms with Crippen molar-refractivity contribution in [2.75, 3.05) is 25.6 Å². The third-order valence-electron chi connectivity index (χ3n) is 7.85. The van der Waals surface area contributed by atoms with Gasteiger partial charge < -0.3 is 13.9 Å². The molecule has 1 aliphatic rings. The molecule has 10 nitrogen and oxygen atoms in total. The van der Waals surface area contributed by atoms with E-state index in [1.165, 1.54) is 0 Å². The van der Waals surface area contributed by atoms with Crippen molar-refractivity contribution < 1.29 is 26.9 Å². The average molecular weight is 593 g/mol. The van der Waals surface area contributed by atoms with Gasteiger partial charge in [-0.25, -0.2) is 4.68 Å². The van der Waals surface area contributed by atoms with E-state index in [9.17, 15) is 8.42 Å². The van der Waals surface area contributed by atoms with E-state index in [0.717, 1.165) is 60.2 Å². The molecule has 3 heterocycles. The number of nitrogens with zero attached hydrogens (tertiary/aromatic N) is 4. The maximum atomic E-state index is 10.8. The van der Waals surface area contributed by atoms with Crippen LogP contribution in [0.15, 0.2) is 30.6 Å². The Morgan fingerprint density at radius 3 is 2.65 bits per heavy atom. The molecule has 0 saturated carbocycles. The van der Waals surface area contributed by atoms with Gasteiger partial charge in [0.1, 0.15) is 11.4 Å². The van der Waals surface area contributed by atoms with Crippen molar-refractivity contribution in [3.63, 3.8) is 0 Å². The molecule has 4 rings (SSSR count). The number of hydrogen-bond acceptors (Lipinski definition) is 7. The van der Waals surface area contributed by atoms with Gasteiger partial charge in [-0.1, -0.05) is 27.2 Å². The van der Waals surface area contributed by atoms with E-state index in [1.54, 1.807) is 0 Å². The molecule has 1 atom stereocenters. The molecule has 2 aromatic heterocycles. The lowest BCUT2D eigenvalue weighted by atomic mass is 10.1. The maximum absolute atomic E-state index is 10.8.